The standard InChI is InChI=1S/C12H19NO2/c1-5-10-6-7-11(15-10)12(14)13-9(4)8(2)3/h6-9H,5H2,1-4H3,(H,13,14). The Bertz CT molecular complexity index is 328. The maximum absolute atomic E-state index is 11.7. The highest BCUT2D eigenvalue weighted by molar-refractivity contribution is 5.91. The molecule has 0 aliphatic rings. The van der Waals surface area contributed by atoms with Crippen LogP contribution in [-0.2, 0) is 6.42 Å². The van der Waals surface area contributed by atoms with E-state index < -0.39 is 0 Å². The lowest BCUT2D eigenvalue weighted by molar-refractivity contribution is 0.0900. The van der Waals surface area contributed by atoms with Gasteiger partial charge < -0.3 is 9.73 Å². The van der Waals surface area contributed by atoms with E-state index in [1.165, 1.54) is 0 Å². The van der Waals surface area contributed by atoms with Crippen molar-refractivity contribution in [2.75, 3.05) is 0 Å². The van der Waals surface area contributed by atoms with E-state index in [1.54, 1.807) is 6.07 Å². The van der Waals surface area contributed by atoms with Crippen LogP contribution in [0, 0.1) is 5.92 Å². The van der Waals surface area contributed by atoms with Crippen molar-refractivity contribution < 1.29 is 9.21 Å². The number of amides is 1. The largest absolute Gasteiger partial charge is 0.456 e. The van der Waals surface area contributed by atoms with Crippen LogP contribution in [0.3, 0.4) is 0 Å². The predicted octanol–water partition coefficient (Wildman–Crippen LogP) is 2.62. The number of rotatable bonds is 4. The Balaban J connectivity index is 2.61. The summed E-state index contributed by atoms with van der Waals surface area (Å²) in [4.78, 5) is 11.7. The maximum atomic E-state index is 11.7. The van der Waals surface area contributed by atoms with Crippen LogP contribution in [0.15, 0.2) is 16.5 Å². The molecule has 3 nitrogen and oxygen atoms in total. The van der Waals surface area contributed by atoms with Gasteiger partial charge in [0, 0.05) is 12.5 Å². The number of hydrogen-bond donors (Lipinski definition) is 1. The van der Waals surface area contributed by atoms with E-state index in [9.17, 15) is 4.79 Å². The summed E-state index contributed by atoms with van der Waals surface area (Å²) in [6.45, 7) is 8.14. The minimum Gasteiger partial charge on any atom is -0.456 e. The summed E-state index contributed by atoms with van der Waals surface area (Å²) >= 11 is 0. The molecule has 15 heavy (non-hydrogen) atoms. The predicted molar refractivity (Wildman–Crippen MR) is 59.9 cm³/mol. The van der Waals surface area contributed by atoms with Crippen molar-refractivity contribution in [2.45, 2.75) is 40.2 Å². The molecule has 1 aromatic rings. The van der Waals surface area contributed by atoms with Crippen LogP contribution in [-0.4, -0.2) is 11.9 Å². The molecule has 1 aromatic heterocycles. The molecule has 1 unspecified atom stereocenters. The van der Waals surface area contributed by atoms with E-state index in [2.05, 4.69) is 19.2 Å². The SMILES string of the molecule is CCc1ccc(C(=O)NC(C)C(C)C)o1. The Morgan fingerprint density at radius 2 is 2.07 bits per heavy atom. The van der Waals surface area contributed by atoms with Gasteiger partial charge in [-0.2, -0.15) is 0 Å². The summed E-state index contributed by atoms with van der Waals surface area (Å²) in [5, 5.41) is 2.90. The third kappa shape index (κ3) is 3.11. The van der Waals surface area contributed by atoms with Gasteiger partial charge in [-0.1, -0.05) is 20.8 Å². The quantitative estimate of drug-likeness (QED) is 0.828. The summed E-state index contributed by atoms with van der Waals surface area (Å²) in [5.74, 6) is 1.54. The van der Waals surface area contributed by atoms with Crippen LogP contribution in [0.2, 0.25) is 0 Å². The lowest BCUT2D eigenvalue weighted by atomic mass is 10.1. The smallest absolute Gasteiger partial charge is 0.287 e. The van der Waals surface area contributed by atoms with E-state index in [-0.39, 0.29) is 11.9 Å². The molecule has 3 heteroatoms. The van der Waals surface area contributed by atoms with E-state index in [4.69, 9.17) is 4.42 Å². The Kier molecular flexibility index (Phi) is 3.95. The van der Waals surface area contributed by atoms with Gasteiger partial charge in [-0.15, -0.1) is 0 Å². The second-order valence-electron chi connectivity index (χ2n) is 4.13. The van der Waals surface area contributed by atoms with Gasteiger partial charge in [0.25, 0.3) is 5.91 Å². The zero-order valence-corrected chi connectivity index (χ0v) is 9.83. The van der Waals surface area contributed by atoms with E-state index in [1.807, 2.05) is 19.9 Å². The van der Waals surface area contributed by atoms with Gasteiger partial charge >= 0.3 is 0 Å². The van der Waals surface area contributed by atoms with Gasteiger partial charge in [-0.25, -0.2) is 0 Å². The lowest BCUT2D eigenvalue weighted by Crippen LogP contribution is -2.35. The first-order valence-corrected chi connectivity index (χ1v) is 5.44. The molecule has 0 bridgehead atoms. The maximum Gasteiger partial charge on any atom is 0.287 e. The molecule has 0 aliphatic carbocycles. The van der Waals surface area contributed by atoms with Gasteiger partial charge in [0.05, 0.1) is 0 Å². The van der Waals surface area contributed by atoms with Crippen molar-refractivity contribution in [3.8, 4) is 0 Å². The number of carbonyl (C=O) groups excluding carboxylic acids is 1. The molecule has 1 heterocycles. The van der Waals surface area contributed by atoms with Crippen molar-refractivity contribution in [3.05, 3.63) is 23.7 Å². The third-order valence-corrected chi connectivity index (χ3v) is 2.59. The second kappa shape index (κ2) is 5.01. The number of furan rings is 1. The van der Waals surface area contributed by atoms with E-state index in [0.717, 1.165) is 12.2 Å². The highest BCUT2D eigenvalue weighted by Crippen LogP contribution is 2.09. The molecule has 0 spiro atoms. The summed E-state index contributed by atoms with van der Waals surface area (Å²) in [6, 6.07) is 3.73. The first-order valence-electron chi connectivity index (χ1n) is 5.44. The zero-order chi connectivity index (χ0) is 11.4. The molecule has 0 fully saturated rings. The Hall–Kier alpha value is -1.25. The van der Waals surface area contributed by atoms with Crippen LogP contribution < -0.4 is 5.32 Å². The monoisotopic (exact) mass is 209 g/mol. The van der Waals surface area contributed by atoms with Crippen LogP contribution >= 0.6 is 0 Å². The van der Waals surface area contributed by atoms with Gasteiger partial charge in [-0.3, -0.25) is 4.79 Å². The molecule has 0 aromatic carbocycles. The van der Waals surface area contributed by atoms with Gasteiger partial charge in [0.1, 0.15) is 5.76 Å². The average molecular weight is 209 g/mol. The molecular formula is C12H19NO2. The van der Waals surface area contributed by atoms with E-state index in [0.29, 0.717) is 11.7 Å². The number of carbonyl (C=O) groups is 1. The molecule has 1 rings (SSSR count). The molecule has 84 valence electrons. The average Bonchev–Trinajstić information content (AvgIpc) is 2.65. The van der Waals surface area contributed by atoms with E-state index >= 15 is 0 Å². The van der Waals surface area contributed by atoms with Crippen molar-refractivity contribution in [1.82, 2.24) is 5.32 Å². The summed E-state index contributed by atoms with van der Waals surface area (Å²) in [5.41, 5.74) is 0. The molecule has 0 saturated carbocycles. The fraction of sp³-hybridized carbons (Fsp3) is 0.583. The van der Waals surface area contributed by atoms with Crippen LogP contribution in [0.4, 0.5) is 0 Å². The molecule has 1 N–H and O–H groups in total. The van der Waals surface area contributed by atoms with Crippen LogP contribution in [0.25, 0.3) is 0 Å². The minimum absolute atomic E-state index is 0.129. The molecule has 1 atom stereocenters. The third-order valence-electron chi connectivity index (χ3n) is 2.59. The Labute approximate surface area is 90.9 Å². The Morgan fingerprint density at radius 1 is 1.40 bits per heavy atom. The normalized spacial score (nSPS) is 12.9. The number of nitrogens with one attached hydrogen (secondary N) is 1. The second-order valence-corrected chi connectivity index (χ2v) is 4.13. The minimum atomic E-state index is -0.129. The fourth-order valence-electron chi connectivity index (χ4n) is 1.13. The van der Waals surface area contributed by atoms with Gasteiger partial charge in [0.15, 0.2) is 5.76 Å². The molecule has 0 aliphatic heterocycles. The first kappa shape index (κ1) is 11.8. The molecule has 1 amide bonds. The van der Waals surface area contributed by atoms with Gasteiger partial charge in [-0.05, 0) is 25.0 Å². The Morgan fingerprint density at radius 3 is 2.53 bits per heavy atom. The molecule has 0 radical (unpaired) electrons. The van der Waals surface area contributed by atoms with Crippen molar-refractivity contribution >= 4 is 5.91 Å². The molecular weight excluding hydrogens is 190 g/mol. The fourth-order valence-corrected chi connectivity index (χ4v) is 1.13. The first-order chi connectivity index (χ1) is 7.04. The van der Waals surface area contributed by atoms with Crippen molar-refractivity contribution in [2.24, 2.45) is 5.92 Å². The van der Waals surface area contributed by atoms with Crippen LogP contribution in [0.1, 0.15) is 44.0 Å². The summed E-state index contributed by atoms with van der Waals surface area (Å²) in [7, 11) is 0. The topological polar surface area (TPSA) is 42.2 Å². The van der Waals surface area contributed by atoms with Crippen molar-refractivity contribution in [1.29, 1.82) is 0 Å². The number of hydrogen-bond acceptors (Lipinski definition) is 2. The summed E-state index contributed by atoms with van der Waals surface area (Å²) in [6.07, 6.45) is 0.813. The zero-order valence-electron chi connectivity index (χ0n) is 9.83. The lowest BCUT2D eigenvalue weighted by Gasteiger charge is -2.16. The highest BCUT2D eigenvalue weighted by atomic mass is 16.3. The molecule has 0 saturated heterocycles. The van der Waals surface area contributed by atoms with Crippen molar-refractivity contribution in [3.63, 3.8) is 0 Å². The van der Waals surface area contributed by atoms with Crippen LogP contribution in [0.5, 0.6) is 0 Å². The highest BCUT2D eigenvalue weighted by Gasteiger charge is 2.15. The summed E-state index contributed by atoms with van der Waals surface area (Å²) < 4.78 is 5.36. The number of aryl methyl sites for hydroxylation is 1. The van der Waals surface area contributed by atoms with Gasteiger partial charge in [0.2, 0.25) is 0 Å².